The SMILES string of the molecule is CCCOCCOc1ccc2cc(OB([O-])[O-])oc2c1. The Balaban J connectivity index is 1.94. The monoisotopic (exact) mass is 278 g/mol. The van der Waals surface area contributed by atoms with Crippen molar-refractivity contribution in [3.05, 3.63) is 24.3 Å². The molecule has 1 heterocycles. The average molecular weight is 278 g/mol. The van der Waals surface area contributed by atoms with E-state index in [2.05, 4.69) is 4.65 Å². The topological polar surface area (TPSA) is 87.0 Å². The molecule has 0 saturated carbocycles. The molecule has 1 aromatic heterocycles. The Bertz CT molecular complexity index is 539. The molecule has 0 unspecified atom stereocenters. The summed E-state index contributed by atoms with van der Waals surface area (Å²) in [5, 5.41) is 21.5. The van der Waals surface area contributed by atoms with Crippen LogP contribution in [0, 0.1) is 0 Å². The molecule has 0 aliphatic rings. The molecule has 20 heavy (non-hydrogen) atoms. The molecule has 0 atom stereocenters. The van der Waals surface area contributed by atoms with Gasteiger partial charge in [-0.15, -0.1) is 0 Å². The van der Waals surface area contributed by atoms with Crippen LogP contribution < -0.4 is 19.4 Å². The second-order valence-corrected chi connectivity index (χ2v) is 4.13. The number of benzene rings is 1. The molecule has 0 amide bonds. The molecule has 1 aromatic carbocycles. The number of hydrogen-bond acceptors (Lipinski definition) is 6. The maximum Gasteiger partial charge on any atom is 0.264 e. The van der Waals surface area contributed by atoms with E-state index in [0.29, 0.717) is 31.2 Å². The molecule has 2 aromatic rings. The molecule has 0 radical (unpaired) electrons. The summed E-state index contributed by atoms with van der Waals surface area (Å²) >= 11 is 0. The first-order chi connectivity index (χ1) is 9.69. The molecule has 0 bridgehead atoms. The van der Waals surface area contributed by atoms with Crippen LogP contribution in [0.15, 0.2) is 28.7 Å². The molecule has 0 fully saturated rings. The largest absolute Gasteiger partial charge is 0.860 e. The van der Waals surface area contributed by atoms with E-state index in [4.69, 9.17) is 13.9 Å². The highest BCUT2D eigenvalue weighted by Crippen LogP contribution is 2.28. The van der Waals surface area contributed by atoms with E-state index in [0.717, 1.165) is 11.8 Å². The van der Waals surface area contributed by atoms with Crippen LogP contribution in [0.4, 0.5) is 0 Å². The van der Waals surface area contributed by atoms with E-state index >= 15 is 0 Å². The quantitative estimate of drug-likeness (QED) is 0.510. The molecule has 108 valence electrons. The van der Waals surface area contributed by atoms with Crippen molar-refractivity contribution in [1.82, 2.24) is 0 Å². The number of hydrogen-bond donors (Lipinski definition) is 0. The van der Waals surface area contributed by atoms with Crippen LogP contribution in [0.3, 0.4) is 0 Å². The molecule has 6 nitrogen and oxygen atoms in total. The summed E-state index contributed by atoms with van der Waals surface area (Å²) in [7, 11) is -2.40. The second kappa shape index (κ2) is 7.18. The molecule has 0 aliphatic heterocycles. The molecule has 0 N–H and O–H groups in total. The van der Waals surface area contributed by atoms with Gasteiger partial charge in [0.2, 0.25) is 0 Å². The van der Waals surface area contributed by atoms with Crippen LogP contribution in [0.25, 0.3) is 11.0 Å². The maximum atomic E-state index is 10.4. The first kappa shape index (κ1) is 14.7. The molecular weight excluding hydrogens is 263 g/mol. The summed E-state index contributed by atoms with van der Waals surface area (Å²) in [6.07, 6.45) is 0.974. The Labute approximate surface area is 117 Å². The van der Waals surface area contributed by atoms with Gasteiger partial charge in [-0.3, -0.25) is 0 Å². The minimum Gasteiger partial charge on any atom is -0.860 e. The lowest BCUT2D eigenvalue weighted by Gasteiger charge is -2.24. The molecule has 0 spiro atoms. The van der Waals surface area contributed by atoms with E-state index in [-0.39, 0.29) is 5.95 Å². The van der Waals surface area contributed by atoms with Crippen molar-refractivity contribution < 1.29 is 28.6 Å². The third kappa shape index (κ3) is 4.16. The van der Waals surface area contributed by atoms with Gasteiger partial charge in [0, 0.05) is 24.1 Å². The Morgan fingerprint density at radius 3 is 2.75 bits per heavy atom. The normalized spacial score (nSPS) is 10.8. The Kier molecular flexibility index (Phi) is 5.28. The average Bonchev–Trinajstić information content (AvgIpc) is 2.79. The van der Waals surface area contributed by atoms with Gasteiger partial charge in [0.25, 0.3) is 5.95 Å². The lowest BCUT2D eigenvalue weighted by molar-refractivity contribution is -0.373. The Hall–Kier alpha value is -1.70. The summed E-state index contributed by atoms with van der Waals surface area (Å²) in [4.78, 5) is 0. The highest BCUT2D eigenvalue weighted by atomic mass is 16.7. The van der Waals surface area contributed by atoms with Crippen molar-refractivity contribution in [2.75, 3.05) is 19.8 Å². The first-order valence-electron chi connectivity index (χ1n) is 6.41. The van der Waals surface area contributed by atoms with Crippen molar-refractivity contribution in [3.8, 4) is 11.7 Å². The van der Waals surface area contributed by atoms with Gasteiger partial charge in [-0.2, -0.15) is 0 Å². The zero-order valence-electron chi connectivity index (χ0n) is 11.2. The van der Waals surface area contributed by atoms with Gasteiger partial charge in [-0.25, -0.2) is 0 Å². The highest BCUT2D eigenvalue weighted by Gasteiger charge is 2.05. The lowest BCUT2D eigenvalue weighted by atomic mass is 10.2. The standard InChI is InChI=1S/C13H15BO6/c1-2-5-17-6-7-18-11-4-3-10-8-13(20-14(15)16)19-12(10)9-11/h3-4,8-9H,2,5-7H2,1H3/q-2. The Morgan fingerprint density at radius 1 is 1.15 bits per heavy atom. The van der Waals surface area contributed by atoms with Gasteiger partial charge in [0.05, 0.1) is 6.61 Å². The fourth-order valence-corrected chi connectivity index (χ4v) is 1.69. The van der Waals surface area contributed by atoms with Crippen molar-refractivity contribution in [1.29, 1.82) is 0 Å². The van der Waals surface area contributed by atoms with Gasteiger partial charge in [0.1, 0.15) is 25.3 Å². The van der Waals surface area contributed by atoms with Crippen LogP contribution in [0.1, 0.15) is 13.3 Å². The third-order valence-electron chi connectivity index (χ3n) is 2.53. The van der Waals surface area contributed by atoms with Crippen LogP contribution >= 0.6 is 0 Å². The Morgan fingerprint density at radius 2 is 2.00 bits per heavy atom. The molecule has 0 aliphatic carbocycles. The van der Waals surface area contributed by atoms with Crippen molar-refractivity contribution in [2.24, 2.45) is 0 Å². The van der Waals surface area contributed by atoms with Crippen molar-refractivity contribution in [2.45, 2.75) is 13.3 Å². The van der Waals surface area contributed by atoms with E-state index in [1.54, 1.807) is 18.2 Å². The van der Waals surface area contributed by atoms with E-state index in [9.17, 15) is 10.0 Å². The van der Waals surface area contributed by atoms with Crippen LogP contribution in [0.2, 0.25) is 0 Å². The van der Waals surface area contributed by atoms with Crippen LogP contribution in [-0.2, 0) is 4.74 Å². The van der Waals surface area contributed by atoms with E-state index in [1.165, 1.54) is 6.07 Å². The van der Waals surface area contributed by atoms with Gasteiger partial charge < -0.3 is 28.6 Å². The zero-order valence-corrected chi connectivity index (χ0v) is 11.2. The van der Waals surface area contributed by atoms with Crippen molar-refractivity contribution in [3.63, 3.8) is 0 Å². The number of ether oxygens (including phenoxy) is 2. The van der Waals surface area contributed by atoms with E-state index < -0.39 is 7.32 Å². The van der Waals surface area contributed by atoms with Gasteiger partial charge in [-0.05, 0) is 18.6 Å². The fraction of sp³-hybridized carbons (Fsp3) is 0.385. The summed E-state index contributed by atoms with van der Waals surface area (Å²) < 4.78 is 20.5. The smallest absolute Gasteiger partial charge is 0.264 e. The van der Waals surface area contributed by atoms with Gasteiger partial charge in [0.15, 0.2) is 0 Å². The predicted molar refractivity (Wildman–Crippen MR) is 69.2 cm³/mol. The van der Waals surface area contributed by atoms with Gasteiger partial charge >= 0.3 is 0 Å². The number of furan rings is 1. The number of fused-ring (bicyclic) bond motifs is 1. The lowest BCUT2D eigenvalue weighted by Crippen LogP contribution is -2.50. The molecule has 0 saturated heterocycles. The predicted octanol–water partition coefficient (Wildman–Crippen LogP) is 0.322. The fourth-order valence-electron chi connectivity index (χ4n) is 1.69. The minimum absolute atomic E-state index is 0.0848. The third-order valence-corrected chi connectivity index (χ3v) is 2.53. The maximum absolute atomic E-state index is 10.4. The second-order valence-electron chi connectivity index (χ2n) is 4.13. The molecule has 7 heteroatoms. The summed E-state index contributed by atoms with van der Waals surface area (Å²) in [6.45, 7) is 3.72. The van der Waals surface area contributed by atoms with Gasteiger partial charge in [-0.1, -0.05) is 6.92 Å². The summed E-state index contributed by atoms with van der Waals surface area (Å²) in [5.74, 6) is 0.540. The van der Waals surface area contributed by atoms with Crippen LogP contribution in [0.5, 0.6) is 11.7 Å². The summed E-state index contributed by atoms with van der Waals surface area (Å²) in [5.41, 5.74) is 0.493. The zero-order chi connectivity index (χ0) is 14.4. The highest BCUT2D eigenvalue weighted by molar-refractivity contribution is 6.29. The van der Waals surface area contributed by atoms with Crippen molar-refractivity contribution >= 4 is 18.3 Å². The molecular formula is C13H15BO6-2. The van der Waals surface area contributed by atoms with Crippen LogP contribution in [-0.4, -0.2) is 27.1 Å². The summed E-state index contributed by atoms with van der Waals surface area (Å²) in [6, 6.07) is 6.70. The minimum atomic E-state index is -2.40. The number of rotatable bonds is 8. The molecule has 2 rings (SSSR count). The first-order valence-corrected chi connectivity index (χ1v) is 6.41. The van der Waals surface area contributed by atoms with E-state index in [1.807, 2.05) is 6.92 Å².